The third-order valence-corrected chi connectivity index (χ3v) is 3.47. The quantitative estimate of drug-likeness (QED) is 0.771. The van der Waals surface area contributed by atoms with Gasteiger partial charge in [-0.1, -0.05) is 43.7 Å². The molecule has 0 atom stereocenters. The Hall–Kier alpha value is -1.56. The average Bonchev–Trinajstić information content (AvgIpc) is 2.29. The Bertz CT molecular complexity index is 471. The van der Waals surface area contributed by atoms with Gasteiger partial charge >= 0.3 is 6.03 Å². The van der Waals surface area contributed by atoms with E-state index in [1.165, 1.54) is 0 Å². The zero-order valence-corrected chi connectivity index (χ0v) is 11.2. The molecule has 0 bridgehead atoms. The number of sulfonamides is 1. The molecule has 2 amide bonds. The molecule has 0 heterocycles. The second-order valence-corrected chi connectivity index (χ2v) is 5.68. The lowest BCUT2D eigenvalue weighted by molar-refractivity contribution is 0.245. The number of urea groups is 1. The van der Waals surface area contributed by atoms with Crippen molar-refractivity contribution < 1.29 is 13.2 Å². The highest BCUT2D eigenvalue weighted by Gasteiger charge is 2.14. The number of amides is 2. The Morgan fingerprint density at radius 2 is 1.89 bits per heavy atom. The van der Waals surface area contributed by atoms with E-state index in [2.05, 4.69) is 5.32 Å². The number of hydrogen-bond acceptors (Lipinski definition) is 3. The minimum absolute atomic E-state index is 0.199. The van der Waals surface area contributed by atoms with Crippen LogP contribution >= 0.6 is 0 Å². The normalized spacial score (nSPS) is 10.9. The summed E-state index contributed by atoms with van der Waals surface area (Å²) in [7, 11) is -3.63. The van der Waals surface area contributed by atoms with Crippen molar-refractivity contribution in [2.75, 3.05) is 6.54 Å². The fourth-order valence-electron chi connectivity index (χ4n) is 1.39. The highest BCUT2D eigenvalue weighted by molar-refractivity contribution is 7.89. The van der Waals surface area contributed by atoms with E-state index in [9.17, 15) is 13.2 Å². The van der Waals surface area contributed by atoms with Gasteiger partial charge in [-0.05, 0) is 12.0 Å². The number of unbranched alkanes of at least 4 members (excludes halogenated alkanes) is 1. The van der Waals surface area contributed by atoms with Crippen LogP contribution in [0.5, 0.6) is 0 Å². The molecule has 0 aromatic heterocycles. The Morgan fingerprint density at radius 1 is 1.22 bits per heavy atom. The first-order valence-corrected chi connectivity index (χ1v) is 7.51. The molecular formula is C12H18N2O3S. The second-order valence-electron chi connectivity index (χ2n) is 3.96. The number of nitrogens with one attached hydrogen (secondary N) is 2. The summed E-state index contributed by atoms with van der Waals surface area (Å²) in [6.07, 6.45) is 1.77. The lowest BCUT2D eigenvalue weighted by atomic mass is 10.2. The summed E-state index contributed by atoms with van der Waals surface area (Å²) >= 11 is 0. The molecule has 0 saturated heterocycles. The van der Waals surface area contributed by atoms with Gasteiger partial charge in [0.05, 0.1) is 5.75 Å². The predicted molar refractivity (Wildman–Crippen MR) is 70.5 cm³/mol. The van der Waals surface area contributed by atoms with Crippen molar-refractivity contribution in [3.05, 3.63) is 35.9 Å². The molecule has 18 heavy (non-hydrogen) atoms. The largest absolute Gasteiger partial charge is 0.337 e. The first-order valence-electron chi connectivity index (χ1n) is 5.86. The maximum absolute atomic E-state index is 11.7. The zero-order valence-electron chi connectivity index (χ0n) is 10.3. The van der Waals surface area contributed by atoms with Gasteiger partial charge in [-0.25, -0.2) is 17.9 Å². The van der Waals surface area contributed by atoms with Crippen molar-refractivity contribution in [3.63, 3.8) is 0 Å². The van der Waals surface area contributed by atoms with Gasteiger partial charge in [-0.3, -0.25) is 0 Å². The standard InChI is InChI=1S/C12H18N2O3S/c1-2-3-9-13-12(15)14-18(16,17)10-11-7-5-4-6-8-11/h4-8H,2-3,9-10H2,1H3,(H2,13,14,15). The van der Waals surface area contributed by atoms with Gasteiger partial charge in [0.15, 0.2) is 0 Å². The third kappa shape index (κ3) is 5.67. The molecule has 0 aliphatic carbocycles. The number of carbonyl (C=O) groups excluding carboxylic acids is 1. The van der Waals surface area contributed by atoms with Crippen molar-refractivity contribution in [1.82, 2.24) is 10.0 Å². The Kier molecular flexibility index (Phi) is 5.64. The molecule has 0 saturated carbocycles. The second kappa shape index (κ2) is 7.00. The molecule has 5 nitrogen and oxygen atoms in total. The SMILES string of the molecule is CCCCNC(=O)NS(=O)(=O)Cc1ccccc1. The molecule has 1 aromatic carbocycles. The monoisotopic (exact) mass is 270 g/mol. The molecule has 2 N–H and O–H groups in total. The molecule has 100 valence electrons. The van der Waals surface area contributed by atoms with Gasteiger partial charge < -0.3 is 5.32 Å². The van der Waals surface area contributed by atoms with E-state index in [1.807, 2.05) is 11.6 Å². The van der Waals surface area contributed by atoms with Crippen LogP contribution in [0.3, 0.4) is 0 Å². The van der Waals surface area contributed by atoms with Crippen LogP contribution in [0.1, 0.15) is 25.3 Å². The maximum atomic E-state index is 11.7. The molecule has 0 radical (unpaired) electrons. The van der Waals surface area contributed by atoms with Crippen molar-refractivity contribution in [1.29, 1.82) is 0 Å². The molecule has 6 heteroatoms. The zero-order chi connectivity index (χ0) is 13.4. The summed E-state index contributed by atoms with van der Waals surface area (Å²) in [6, 6.07) is 8.06. The molecule has 0 unspecified atom stereocenters. The topological polar surface area (TPSA) is 75.3 Å². The smallest absolute Gasteiger partial charge is 0.328 e. The van der Waals surface area contributed by atoms with Crippen LogP contribution in [0.15, 0.2) is 30.3 Å². The lowest BCUT2D eigenvalue weighted by Gasteiger charge is -2.08. The molecule has 0 fully saturated rings. The van der Waals surface area contributed by atoms with Crippen molar-refractivity contribution in [2.45, 2.75) is 25.5 Å². The third-order valence-electron chi connectivity index (χ3n) is 2.26. The van der Waals surface area contributed by atoms with Gasteiger partial charge in [0.25, 0.3) is 0 Å². The van der Waals surface area contributed by atoms with Crippen molar-refractivity contribution in [2.24, 2.45) is 0 Å². The summed E-state index contributed by atoms with van der Waals surface area (Å²) in [6.45, 7) is 2.47. The maximum Gasteiger partial charge on any atom is 0.328 e. The first kappa shape index (κ1) is 14.5. The van der Waals surface area contributed by atoms with E-state index >= 15 is 0 Å². The van der Waals surface area contributed by atoms with E-state index in [0.29, 0.717) is 12.1 Å². The highest BCUT2D eigenvalue weighted by atomic mass is 32.2. The van der Waals surface area contributed by atoms with Crippen LogP contribution < -0.4 is 10.0 Å². The van der Waals surface area contributed by atoms with E-state index in [4.69, 9.17) is 0 Å². The fraction of sp³-hybridized carbons (Fsp3) is 0.417. The number of hydrogen-bond donors (Lipinski definition) is 2. The molecule has 1 aromatic rings. The summed E-state index contributed by atoms with van der Waals surface area (Å²) in [4.78, 5) is 11.3. The first-order chi connectivity index (χ1) is 8.53. The van der Waals surface area contributed by atoms with Crippen LogP contribution in [0, 0.1) is 0 Å². The minimum Gasteiger partial charge on any atom is -0.337 e. The predicted octanol–water partition coefficient (Wildman–Crippen LogP) is 1.62. The van der Waals surface area contributed by atoms with Gasteiger partial charge in [-0.2, -0.15) is 0 Å². The van der Waals surface area contributed by atoms with Crippen LogP contribution in [0.25, 0.3) is 0 Å². The average molecular weight is 270 g/mol. The summed E-state index contributed by atoms with van der Waals surface area (Å²) < 4.78 is 25.3. The Labute approximate surface area is 108 Å². The minimum atomic E-state index is -3.63. The molecular weight excluding hydrogens is 252 g/mol. The van der Waals surface area contributed by atoms with Gasteiger partial charge in [0.2, 0.25) is 10.0 Å². The molecule has 0 aliphatic heterocycles. The van der Waals surface area contributed by atoms with Crippen LogP contribution in [-0.4, -0.2) is 21.0 Å². The van der Waals surface area contributed by atoms with Crippen LogP contribution in [0.2, 0.25) is 0 Å². The van der Waals surface area contributed by atoms with Crippen molar-refractivity contribution >= 4 is 16.1 Å². The van der Waals surface area contributed by atoms with E-state index in [-0.39, 0.29) is 5.75 Å². The van der Waals surface area contributed by atoms with Crippen molar-refractivity contribution in [3.8, 4) is 0 Å². The van der Waals surface area contributed by atoms with E-state index < -0.39 is 16.1 Å². The summed E-state index contributed by atoms with van der Waals surface area (Å²) in [5, 5.41) is 2.50. The summed E-state index contributed by atoms with van der Waals surface area (Å²) in [5.41, 5.74) is 0.645. The highest BCUT2D eigenvalue weighted by Crippen LogP contribution is 2.03. The van der Waals surface area contributed by atoms with E-state index in [1.54, 1.807) is 30.3 Å². The fourth-order valence-corrected chi connectivity index (χ4v) is 2.44. The number of rotatable bonds is 6. The van der Waals surface area contributed by atoms with Crippen LogP contribution in [-0.2, 0) is 15.8 Å². The number of benzene rings is 1. The lowest BCUT2D eigenvalue weighted by Crippen LogP contribution is -2.40. The van der Waals surface area contributed by atoms with E-state index in [0.717, 1.165) is 12.8 Å². The molecule has 0 aliphatic rings. The Balaban J connectivity index is 2.47. The van der Waals surface area contributed by atoms with Gasteiger partial charge in [0, 0.05) is 6.54 Å². The van der Waals surface area contributed by atoms with Gasteiger partial charge in [0.1, 0.15) is 0 Å². The van der Waals surface area contributed by atoms with Gasteiger partial charge in [-0.15, -0.1) is 0 Å². The van der Waals surface area contributed by atoms with Crippen LogP contribution in [0.4, 0.5) is 4.79 Å². The number of carbonyl (C=O) groups is 1. The summed E-state index contributed by atoms with van der Waals surface area (Å²) in [5.74, 6) is -0.199. The Morgan fingerprint density at radius 3 is 2.50 bits per heavy atom. The molecule has 1 rings (SSSR count). The molecule has 0 spiro atoms.